The van der Waals surface area contributed by atoms with Crippen molar-refractivity contribution in [1.29, 1.82) is 0 Å². The molecule has 0 aliphatic rings. The molecule has 1 unspecified atom stereocenters. The van der Waals surface area contributed by atoms with Crippen LogP contribution in [0.1, 0.15) is 24.1 Å². The molecule has 0 saturated carbocycles. The highest BCUT2D eigenvalue weighted by molar-refractivity contribution is 9.10. The predicted molar refractivity (Wildman–Crippen MR) is 75.2 cm³/mol. The van der Waals surface area contributed by atoms with E-state index < -0.39 is 0 Å². The highest BCUT2D eigenvalue weighted by atomic mass is 79.9. The lowest BCUT2D eigenvalue weighted by Crippen LogP contribution is -2.07. The van der Waals surface area contributed by atoms with Crippen LogP contribution < -0.4 is 5.32 Å². The van der Waals surface area contributed by atoms with Crippen LogP contribution in [0.4, 0.5) is 5.69 Å². The number of nitrogens with zero attached hydrogens (tertiary/aromatic N) is 1. The van der Waals surface area contributed by atoms with Crippen LogP contribution in [0, 0.1) is 6.92 Å². The first-order valence-electron chi connectivity index (χ1n) is 5.60. The van der Waals surface area contributed by atoms with E-state index in [4.69, 9.17) is 0 Å². The molecule has 88 valence electrons. The van der Waals surface area contributed by atoms with Gasteiger partial charge in [-0.2, -0.15) is 0 Å². The highest BCUT2D eigenvalue weighted by Crippen LogP contribution is 2.24. The number of halogens is 1. The maximum absolute atomic E-state index is 4.19. The SMILES string of the molecule is Cc1ccc(C(C)Nc2cccnc2Br)cc1. The molecule has 2 aromatic rings. The largest absolute Gasteiger partial charge is 0.376 e. The molecule has 2 nitrogen and oxygen atoms in total. The lowest BCUT2D eigenvalue weighted by Gasteiger charge is -2.16. The quantitative estimate of drug-likeness (QED) is 0.852. The van der Waals surface area contributed by atoms with Gasteiger partial charge in [0.05, 0.1) is 5.69 Å². The van der Waals surface area contributed by atoms with E-state index in [2.05, 4.69) is 64.3 Å². The van der Waals surface area contributed by atoms with E-state index in [0.29, 0.717) is 0 Å². The van der Waals surface area contributed by atoms with Crippen LogP contribution >= 0.6 is 15.9 Å². The fourth-order valence-corrected chi connectivity index (χ4v) is 2.03. The number of aryl methyl sites for hydroxylation is 1. The van der Waals surface area contributed by atoms with Crippen LogP contribution in [0.3, 0.4) is 0 Å². The van der Waals surface area contributed by atoms with Gasteiger partial charge in [-0.05, 0) is 47.5 Å². The zero-order chi connectivity index (χ0) is 12.3. The lowest BCUT2D eigenvalue weighted by atomic mass is 10.1. The van der Waals surface area contributed by atoms with Crippen molar-refractivity contribution < 1.29 is 0 Å². The molecular weight excluding hydrogens is 276 g/mol. The van der Waals surface area contributed by atoms with Gasteiger partial charge in [-0.3, -0.25) is 0 Å². The maximum atomic E-state index is 4.19. The van der Waals surface area contributed by atoms with E-state index in [-0.39, 0.29) is 6.04 Å². The van der Waals surface area contributed by atoms with Crippen LogP contribution in [-0.4, -0.2) is 4.98 Å². The van der Waals surface area contributed by atoms with Gasteiger partial charge in [0, 0.05) is 12.2 Å². The summed E-state index contributed by atoms with van der Waals surface area (Å²) in [7, 11) is 0. The summed E-state index contributed by atoms with van der Waals surface area (Å²) < 4.78 is 0.846. The molecule has 1 atom stereocenters. The van der Waals surface area contributed by atoms with Gasteiger partial charge in [0.2, 0.25) is 0 Å². The molecular formula is C14H15BrN2. The average Bonchev–Trinajstić information content (AvgIpc) is 2.33. The second kappa shape index (κ2) is 5.32. The average molecular weight is 291 g/mol. The Morgan fingerprint density at radius 3 is 2.53 bits per heavy atom. The highest BCUT2D eigenvalue weighted by Gasteiger charge is 2.07. The molecule has 0 radical (unpaired) electrons. The molecule has 1 aromatic carbocycles. The summed E-state index contributed by atoms with van der Waals surface area (Å²) in [5.41, 5.74) is 3.57. The summed E-state index contributed by atoms with van der Waals surface area (Å²) in [6.07, 6.45) is 1.77. The monoisotopic (exact) mass is 290 g/mol. The number of anilines is 1. The standard InChI is InChI=1S/C14H15BrN2/c1-10-5-7-12(8-6-10)11(2)17-13-4-3-9-16-14(13)15/h3-9,11,17H,1-2H3. The van der Waals surface area contributed by atoms with Crippen molar-refractivity contribution in [2.24, 2.45) is 0 Å². The summed E-state index contributed by atoms with van der Waals surface area (Å²) in [5, 5.41) is 3.44. The first-order valence-corrected chi connectivity index (χ1v) is 6.40. The van der Waals surface area contributed by atoms with Gasteiger partial charge >= 0.3 is 0 Å². The van der Waals surface area contributed by atoms with Crippen LogP contribution in [0.15, 0.2) is 47.2 Å². The van der Waals surface area contributed by atoms with Crippen LogP contribution in [0.2, 0.25) is 0 Å². The van der Waals surface area contributed by atoms with Crippen molar-refractivity contribution in [3.63, 3.8) is 0 Å². The number of rotatable bonds is 3. The van der Waals surface area contributed by atoms with Crippen molar-refractivity contribution in [2.75, 3.05) is 5.32 Å². The van der Waals surface area contributed by atoms with E-state index in [0.717, 1.165) is 10.3 Å². The summed E-state index contributed by atoms with van der Waals surface area (Å²) in [4.78, 5) is 4.19. The third-order valence-corrected chi connectivity index (χ3v) is 3.34. The molecule has 0 saturated heterocycles. The third kappa shape index (κ3) is 3.07. The number of nitrogens with one attached hydrogen (secondary N) is 1. The van der Waals surface area contributed by atoms with Crippen molar-refractivity contribution in [3.8, 4) is 0 Å². The number of pyridine rings is 1. The molecule has 0 fully saturated rings. The minimum absolute atomic E-state index is 0.260. The molecule has 1 N–H and O–H groups in total. The Morgan fingerprint density at radius 1 is 1.18 bits per heavy atom. The normalized spacial score (nSPS) is 12.2. The van der Waals surface area contributed by atoms with Gasteiger partial charge in [0.15, 0.2) is 0 Å². The fraction of sp³-hybridized carbons (Fsp3) is 0.214. The number of hydrogen-bond donors (Lipinski definition) is 1. The van der Waals surface area contributed by atoms with E-state index in [9.17, 15) is 0 Å². The molecule has 2 rings (SSSR count). The molecule has 0 spiro atoms. The molecule has 0 amide bonds. The second-order valence-corrected chi connectivity index (χ2v) is 4.87. The van der Waals surface area contributed by atoms with Crippen molar-refractivity contribution in [2.45, 2.75) is 19.9 Å². The van der Waals surface area contributed by atoms with E-state index in [1.165, 1.54) is 11.1 Å². The Balaban J connectivity index is 2.14. The molecule has 0 aliphatic heterocycles. The van der Waals surface area contributed by atoms with Gasteiger partial charge in [-0.1, -0.05) is 29.8 Å². The minimum Gasteiger partial charge on any atom is -0.376 e. The Labute approximate surface area is 110 Å². The van der Waals surface area contributed by atoms with Crippen LogP contribution in [0.5, 0.6) is 0 Å². The number of hydrogen-bond acceptors (Lipinski definition) is 2. The Bertz CT molecular complexity index is 494. The second-order valence-electron chi connectivity index (χ2n) is 4.12. The maximum Gasteiger partial charge on any atom is 0.129 e. The predicted octanol–water partition coefficient (Wildman–Crippen LogP) is 4.33. The molecule has 0 bridgehead atoms. The fourth-order valence-electron chi connectivity index (χ4n) is 1.67. The van der Waals surface area contributed by atoms with Crippen LogP contribution in [-0.2, 0) is 0 Å². The molecule has 1 aromatic heterocycles. The summed E-state index contributed by atoms with van der Waals surface area (Å²) in [6.45, 7) is 4.24. The zero-order valence-electron chi connectivity index (χ0n) is 9.94. The van der Waals surface area contributed by atoms with E-state index in [1.807, 2.05) is 12.1 Å². The van der Waals surface area contributed by atoms with Gasteiger partial charge in [-0.15, -0.1) is 0 Å². The summed E-state index contributed by atoms with van der Waals surface area (Å²) >= 11 is 3.44. The third-order valence-electron chi connectivity index (χ3n) is 2.71. The Hall–Kier alpha value is -1.35. The van der Waals surface area contributed by atoms with Crippen molar-refractivity contribution >= 4 is 21.6 Å². The molecule has 3 heteroatoms. The molecule has 0 aliphatic carbocycles. The minimum atomic E-state index is 0.260. The van der Waals surface area contributed by atoms with Crippen LogP contribution in [0.25, 0.3) is 0 Å². The van der Waals surface area contributed by atoms with Gasteiger partial charge in [0.1, 0.15) is 4.60 Å². The molecule has 1 heterocycles. The topological polar surface area (TPSA) is 24.9 Å². The van der Waals surface area contributed by atoms with Gasteiger partial charge in [-0.25, -0.2) is 4.98 Å². The zero-order valence-corrected chi connectivity index (χ0v) is 11.5. The smallest absolute Gasteiger partial charge is 0.129 e. The summed E-state index contributed by atoms with van der Waals surface area (Å²) in [6, 6.07) is 12.8. The summed E-state index contributed by atoms with van der Waals surface area (Å²) in [5.74, 6) is 0. The first kappa shape index (κ1) is 12.1. The Morgan fingerprint density at radius 2 is 1.88 bits per heavy atom. The first-order chi connectivity index (χ1) is 8.16. The lowest BCUT2D eigenvalue weighted by molar-refractivity contribution is 0.880. The Kier molecular flexibility index (Phi) is 3.79. The van der Waals surface area contributed by atoms with E-state index >= 15 is 0 Å². The van der Waals surface area contributed by atoms with Gasteiger partial charge in [0.25, 0.3) is 0 Å². The number of aromatic nitrogens is 1. The number of benzene rings is 1. The van der Waals surface area contributed by atoms with Gasteiger partial charge < -0.3 is 5.32 Å². The van der Waals surface area contributed by atoms with E-state index in [1.54, 1.807) is 6.20 Å². The molecule has 17 heavy (non-hydrogen) atoms. The van der Waals surface area contributed by atoms with Crippen molar-refractivity contribution in [3.05, 3.63) is 58.3 Å². The van der Waals surface area contributed by atoms with Crippen molar-refractivity contribution in [1.82, 2.24) is 4.98 Å².